The van der Waals surface area contributed by atoms with Gasteiger partial charge in [-0.05, 0) is 12.5 Å². The number of esters is 1. The third-order valence-corrected chi connectivity index (χ3v) is 3.59. The van der Waals surface area contributed by atoms with E-state index >= 15 is 0 Å². The molecule has 1 aromatic heterocycles. The van der Waals surface area contributed by atoms with Crippen LogP contribution in [-0.2, 0) is 4.74 Å². The number of nitrogens with two attached hydrogens (primary N) is 1. The predicted octanol–water partition coefficient (Wildman–Crippen LogP) is 2.35. The van der Waals surface area contributed by atoms with Gasteiger partial charge in [-0.25, -0.2) is 4.79 Å². The number of rotatable bonds is 5. The Bertz CT molecular complexity index is 363. The molecule has 0 bridgehead atoms. The Kier molecular flexibility index (Phi) is 4.61. The Morgan fingerprint density at radius 1 is 1.62 bits per heavy atom. The van der Waals surface area contributed by atoms with E-state index in [1.54, 1.807) is 0 Å². The molecule has 0 saturated carbocycles. The average Bonchev–Trinajstić information content (AvgIpc) is 2.67. The van der Waals surface area contributed by atoms with E-state index in [-0.39, 0.29) is 5.97 Å². The van der Waals surface area contributed by atoms with Gasteiger partial charge in [-0.1, -0.05) is 13.3 Å². The first-order valence-corrected chi connectivity index (χ1v) is 6.10. The zero-order chi connectivity index (χ0) is 12.1. The highest BCUT2D eigenvalue weighted by Crippen LogP contribution is 2.32. The van der Waals surface area contributed by atoms with Gasteiger partial charge >= 0.3 is 5.97 Å². The van der Waals surface area contributed by atoms with E-state index in [4.69, 9.17) is 5.73 Å². The molecule has 0 unspecified atom stereocenters. The van der Waals surface area contributed by atoms with E-state index in [1.165, 1.54) is 18.4 Å². The van der Waals surface area contributed by atoms with E-state index in [2.05, 4.69) is 16.6 Å². The zero-order valence-electron chi connectivity index (χ0n) is 9.95. The molecule has 5 heteroatoms. The number of hydrogen-bond donors (Lipinski definition) is 1. The summed E-state index contributed by atoms with van der Waals surface area (Å²) in [5, 5.41) is 1.01. The monoisotopic (exact) mass is 242 g/mol. The van der Waals surface area contributed by atoms with Crippen LogP contribution >= 0.6 is 11.3 Å². The molecule has 1 aromatic rings. The molecule has 2 N–H and O–H groups in total. The first-order valence-electron chi connectivity index (χ1n) is 5.28. The normalized spacial score (nSPS) is 10.2. The quantitative estimate of drug-likeness (QED) is 0.805. The van der Waals surface area contributed by atoms with E-state index in [0.29, 0.717) is 10.6 Å². The Hall–Kier alpha value is -1.23. The van der Waals surface area contributed by atoms with Crippen LogP contribution in [-0.4, -0.2) is 26.7 Å². The topological polar surface area (TPSA) is 55.6 Å². The summed E-state index contributed by atoms with van der Waals surface area (Å²) in [4.78, 5) is 14.0. The number of methoxy groups -OCH3 is 1. The highest BCUT2D eigenvalue weighted by atomic mass is 32.1. The molecule has 1 heterocycles. The number of nitrogens with zero attached hydrogens (tertiary/aromatic N) is 1. The van der Waals surface area contributed by atoms with Crippen molar-refractivity contribution < 1.29 is 9.53 Å². The van der Waals surface area contributed by atoms with Crippen LogP contribution in [0.2, 0.25) is 0 Å². The van der Waals surface area contributed by atoms with Crippen LogP contribution in [0.25, 0.3) is 0 Å². The van der Waals surface area contributed by atoms with Crippen LogP contribution in [0, 0.1) is 0 Å². The molecule has 16 heavy (non-hydrogen) atoms. The molecule has 0 fully saturated rings. The van der Waals surface area contributed by atoms with Crippen LogP contribution in [0.5, 0.6) is 0 Å². The fourth-order valence-corrected chi connectivity index (χ4v) is 2.32. The molecule has 4 nitrogen and oxygen atoms in total. The predicted molar refractivity (Wildman–Crippen MR) is 68.2 cm³/mol. The Morgan fingerprint density at radius 3 is 2.88 bits per heavy atom. The second-order valence-electron chi connectivity index (χ2n) is 3.64. The van der Waals surface area contributed by atoms with Crippen molar-refractivity contribution in [1.29, 1.82) is 0 Å². The molecule has 0 aliphatic rings. The summed E-state index contributed by atoms with van der Waals surface area (Å²) in [7, 11) is 3.37. The van der Waals surface area contributed by atoms with Crippen molar-refractivity contribution in [3.05, 3.63) is 10.9 Å². The number of nitrogen functional groups attached to an aromatic ring is 1. The molecule has 1 rings (SSSR count). The number of unbranched alkanes of at least 4 members (excludes halogenated alkanes) is 1. The highest BCUT2D eigenvalue weighted by molar-refractivity contribution is 7.18. The number of thiophene rings is 1. The third-order valence-electron chi connectivity index (χ3n) is 2.34. The molecule has 0 radical (unpaired) electrons. The third kappa shape index (κ3) is 2.88. The van der Waals surface area contributed by atoms with Gasteiger partial charge in [0.25, 0.3) is 0 Å². The molecule has 0 aliphatic carbocycles. The molecule has 0 aromatic carbocycles. The van der Waals surface area contributed by atoms with Gasteiger partial charge in [0, 0.05) is 13.6 Å². The first kappa shape index (κ1) is 12.8. The largest absolute Gasteiger partial charge is 0.465 e. The van der Waals surface area contributed by atoms with Crippen molar-refractivity contribution in [3.63, 3.8) is 0 Å². The summed E-state index contributed by atoms with van der Waals surface area (Å²) < 4.78 is 4.66. The average molecular weight is 242 g/mol. The molecule has 0 saturated heterocycles. The lowest BCUT2D eigenvalue weighted by Crippen LogP contribution is -2.16. The summed E-state index contributed by atoms with van der Waals surface area (Å²) in [5.41, 5.74) is 6.26. The standard InChI is InChI=1S/C11H18N2O2S/c1-4-5-6-13(2)9-7-8(12)10(16-9)11(14)15-3/h7H,4-6,12H2,1-3H3. The van der Waals surface area contributed by atoms with E-state index in [9.17, 15) is 4.79 Å². The Morgan fingerprint density at radius 2 is 2.31 bits per heavy atom. The van der Waals surface area contributed by atoms with Crippen molar-refractivity contribution >= 4 is 28.0 Å². The fraction of sp³-hybridized carbons (Fsp3) is 0.545. The molecule has 0 amide bonds. The minimum Gasteiger partial charge on any atom is -0.465 e. The van der Waals surface area contributed by atoms with Crippen LogP contribution in [0.4, 0.5) is 10.7 Å². The van der Waals surface area contributed by atoms with Gasteiger partial charge in [0.2, 0.25) is 0 Å². The second-order valence-corrected chi connectivity index (χ2v) is 4.67. The first-order chi connectivity index (χ1) is 7.60. The lowest BCUT2D eigenvalue weighted by atomic mass is 10.3. The smallest absolute Gasteiger partial charge is 0.350 e. The van der Waals surface area contributed by atoms with Gasteiger partial charge in [0.05, 0.1) is 17.8 Å². The zero-order valence-corrected chi connectivity index (χ0v) is 10.8. The van der Waals surface area contributed by atoms with Gasteiger partial charge in [-0.2, -0.15) is 0 Å². The van der Waals surface area contributed by atoms with Gasteiger partial charge < -0.3 is 15.4 Å². The summed E-state index contributed by atoms with van der Waals surface area (Å²) in [6, 6.07) is 1.83. The van der Waals surface area contributed by atoms with Crippen molar-refractivity contribution in [2.45, 2.75) is 19.8 Å². The van der Waals surface area contributed by atoms with Gasteiger partial charge in [-0.3, -0.25) is 0 Å². The molecule has 0 atom stereocenters. The van der Waals surface area contributed by atoms with Crippen molar-refractivity contribution in [2.75, 3.05) is 31.3 Å². The molecule has 90 valence electrons. The van der Waals surface area contributed by atoms with Crippen LogP contribution in [0.15, 0.2) is 6.07 Å². The summed E-state index contributed by atoms with van der Waals surface area (Å²) in [6.45, 7) is 3.12. The van der Waals surface area contributed by atoms with Crippen LogP contribution in [0.1, 0.15) is 29.4 Å². The molecule has 0 spiro atoms. The lowest BCUT2D eigenvalue weighted by Gasteiger charge is -2.15. The lowest BCUT2D eigenvalue weighted by molar-refractivity contribution is 0.0607. The number of carbonyl (C=O) groups excluding carboxylic acids is 1. The van der Waals surface area contributed by atoms with Crippen molar-refractivity contribution in [1.82, 2.24) is 0 Å². The molecular formula is C11H18N2O2S. The van der Waals surface area contributed by atoms with Crippen molar-refractivity contribution in [2.24, 2.45) is 0 Å². The van der Waals surface area contributed by atoms with Gasteiger partial charge in [0.1, 0.15) is 4.88 Å². The highest BCUT2D eigenvalue weighted by Gasteiger charge is 2.16. The van der Waals surface area contributed by atoms with E-state index < -0.39 is 0 Å². The maximum absolute atomic E-state index is 11.4. The Labute approximate surface area is 100 Å². The maximum atomic E-state index is 11.4. The van der Waals surface area contributed by atoms with E-state index in [1.807, 2.05) is 13.1 Å². The van der Waals surface area contributed by atoms with Crippen molar-refractivity contribution in [3.8, 4) is 0 Å². The van der Waals surface area contributed by atoms with E-state index in [0.717, 1.165) is 24.4 Å². The Balaban J connectivity index is 2.79. The number of ether oxygens (including phenoxy) is 1. The molecular weight excluding hydrogens is 224 g/mol. The SMILES string of the molecule is CCCCN(C)c1cc(N)c(C(=O)OC)s1. The van der Waals surface area contributed by atoms with Crippen LogP contribution < -0.4 is 10.6 Å². The second kappa shape index (κ2) is 5.75. The van der Waals surface area contributed by atoms with Gasteiger partial charge in [-0.15, -0.1) is 11.3 Å². The number of anilines is 2. The van der Waals surface area contributed by atoms with Crippen LogP contribution in [0.3, 0.4) is 0 Å². The molecule has 0 aliphatic heterocycles. The summed E-state index contributed by atoms with van der Waals surface area (Å²) in [6.07, 6.45) is 2.27. The minimum absolute atomic E-state index is 0.363. The minimum atomic E-state index is -0.363. The number of hydrogen-bond acceptors (Lipinski definition) is 5. The summed E-state index contributed by atoms with van der Waals surface area (Å²) >= 11 is 1.38. The number of carbonyl (C=O) groups is 1. The van der Waals surface area contributed by atoms with Gasteiger partial charge in [0.15, 0.2) is 0 Å². The fourth-order valence-electron chi connectivity index (χ4n) is 1.34. The summed E-state index contributed by atoms with van der Waals surface area (Å²) in [5.74, 6) is -0.363. The maximum Gasteiger partial charge on any atom is 0.350 e.